The first-order valence-electron chi connectivity index (χ1n) is 2.07. The van der Waals surface area contributed by atoms with E-state index in [2.05, 4.69) is 0 Å². The minimum atomic E-state index is -3.17. The zero-order valence-electron chi connectivity index (χ0n) is 11.3. The molecule has 0 N–H and O–H groups in total. The third-order valence-corrected chi connectivity index (χ3v) is 0. The van der Waals surface area contributed by atoms with Crippen LogP contribution in [0.1, 0.15) is 0 Å². The normalized spacial score (nSPS) is 4.50. The number of halogens is 3. The fourth-order valence-electron chi connectivity index (χ4n) is 0. The van der Waals surface area contributed by atoms with Crippen molar-refractivity contribution in [3.63, 3.8) is 0 Å². The van der Waals surface area contributed by atoms with Crippen LogP contribution in [0.5, 0.6) is 0 Å². The van der Waals surface area contributed by atoms with Gasteiger partial charge in [-0.25, -0.2) is 0 Å². The summed E-state index contributed by atoms with van der Waals surface area (Å²) in [7, 11) is -9.50. The second-order valence-corrected chi connectivity index (χ2v) is 0.823. The molecule has 0 aromatic carbocycles. The summed E-state index contributed by atoms with van der Waals surface area (Å²) in [5.41, 5.74) is 0. The van der Waals surface area contributed by atoms with Gasteiger partial charge < -0.3 is 43.1 Å². The molecule has 0 aliphatic rings. The molecule has 0 radical (unpaired) electrons. The average molecular weight is 227 g/mol. The molecule has 72 valence electrons. The summed E-state index contributed by atoms with van der Waals surface area (Å²) in [5, 5.41) is 49.8. The van der Waals surface area contributed by atoms with Gasteiger partial charge in [-0.1, -0.05) is 0 Å². The fourth-order valence-corrected chi connectivity index (χ4v) is 0. The van der Waals surface area contributed by atoms with Gasteiger partial charge in [0.15, 0.2) is 0 Å². The largest absolute Gasteiger partial charge is 1.00 e. The van der Waals surface area contributed by atoms with Gasteiger partial charge in [0.2, 0.25) is 0 Å². The summed E-state index contributed by atoms with van der Waals surface area (Å²) in [6, 6.07) is 0. The molecular formula is B3F3Li6O6. The molecule has 0 aromatic heterocycles. The SMILES string of the molecule is [Li+].[Li+].[Li+].[Li+].[Li+].[Li+].[O-]B([O-])F.[O-]B([O-])F.[O-]B([O-])F. The van der Waals surface area contributed by atoms with Gasteiger partial charge in [0, 0.05) is 0 Å². The van der Waals surface area contributed by atoms with E-state index in [1.54, 1.807) is 0 Å². The molecule has 18 heteroatoms. The minimum Gasteiger partial charge on any atom is -0.867 e. The summed E-state index contributed by atoms with van der Waals surface area (Å²) in [6.45, 7) is 0. The third-order valence-electron chi connectivity index (χ3n) is 0. The molecule has 0 unspecified atom stereocenters. The van der Waals surface area contributed by atoms with Gasteiger partial charge in [0.05, 0.1) is 0 Å². The fraction of sp³-hybridized carbons (Fsp3) is 0. The van der Waals surface area contributed by atoms with Crippen LogP contribution >= 0.6 is 0 Å². The topological polar surface area (TPSA) is 138 Å². The van der Waals surface area contributed by atoms with E-state index in [4.69, 9.17) is 30.1 Å². The van der Waals surface area contributed by atoms with Crippen LogP contribution < -0.4 is 143 Å². The summed E-state index contributed by atoms with van der Waals surface area (Å²) in [6.07, 6.45) is 0. The van der Waals surface area contributed by atoms with Gasteiger partial charge in [-0.15, -0.1) is 0 Å². The van der Waals surface area contributed by atoms with Gasteiger partial charge in [0.25, 0.3) is 0 Å². The van der Waals surface area contributed by atoms with E-state index in [0.29, 0.717) is 0 Å². The van der Waals surface area contributed by atoms with Crippen molar-refractivity contribution >= 4 is 22.2 Å². The zero-order chi connectivity index (χ0) is 10.7. The van der Waals surface area contributed by atoms with Crippen molar-refractivity contribution in [2.75, 3.05) is 0 Å². The molecule has 0 aliphatic heterocycles. The molecule has 0 aromatic rings. The van der Waals surface area contributed by atoms with E-state index >= 15 is 0 Å². The molecule has 0 fully saturated rings. The first-order chi connectivity index (χ1) is 5.20. The second kappa shape index (κ2) is 50.0. The Morgan fingerprint density at radius 3 is 0.389 bits per heavy atom. The van der Waals surface area contributed by atoms with Crippen molar-refractivity contribution in [1.82, 2.24) is 0 Å². The Morgan fingerprint density at radius 1 is 0.389 bits per heavy atom. The van der Waals surface area contributed by atoms with E-state index in [1.807, 2.05) is 0 Å². The van der Waals surface area contributed by atoms with Crippen LogP contribution in [0, 0.1) is 0 Å². The monoisotopic (exact) mass is 228 g/mol. The van der Waals surface area contributed by atoms with Crippen molar-refractivity contribution < 1.29 is 156 Å². The number of hydrogen-bond acceptors (Lipinski definition) is 6. The van der Waals surface area contributed by atoms with E-state index in [9.17, 15) is 12.9 Å². The molecule has 0 aliphatic carbocycles. The molecule has 0 bridgehead atoms. The Hall–Kier alpha value is 3.33. The van der Waals surface area contributed by atoms with E-state index < -0.39 is 22.2 Å². The minimum absolute atomic E-state index is 0. The van der Waals surface area contributed by atoms with Crippen molar-refractivity contribution in [3.05, 3.63) is 0 Å². The average Bonchev–Trinajstić information content (AvgIpc) is 1.54. The van der Waals surface area contributed by atoms with E-state index in [1.165, 1.54) is 0 Å². The van der Waals surface area contributed by atoms with Crippen molar-refractivity contribution in [1.29, 1.82) is 0 Å². The Bertz CT molecular complexity index is 63.1. The zero-order valence-corrected chi connectivity index (χ0v) is 11.3. The maximum Gasteiger partial charge on any atom is 1.00 e. The van der Waals surface area contributed by atoms with Crippen LogP contribution in [-0.2, 0) is 0 Å². The molecule has 0 rings (SSSR count). The molecular weight excluding hydrogens is 227 g/mol. The van der Waals surface area contributed by atoms with Gasteiger partial charge >= 0.3 is 113 Å². The van der Waals surface area contributed by atoms with Gasteiger partial charge in [-0.05, 0) is 0 Å². The van der Waals surface area contributed by atoms with Crippen LogP contribution in [0.4, 0.5) is 12.9 Å². The summed E-state index contributed by atoms with van der Waals surface area (Å²) < 4.78 is 29.7. The molecule has 0 saturated carbocycles. The Labute approximate surface area is 176 Å². The van der Waals surface area contributed by atoms with Crippen molar-refractivity contribution in [2.24, 2.45) is 0 Å². The van der Waals surface area contributed by atoms with Crippen LogP contribution in [0.3, 0.4) is 0 Å². The van der Waals surface area contributed by atoms with Gasteiger partial charge in [-0.2, -0.15) is 0 Å². The first kappa shape index (κ1) is 58.0. The van der Waals surface area contributed by atoms with Crippen LogP contribution in [0.25, 0.3) is 0 Å². The van der Waals surface area contributed by atoms with Crippen LogP contribution in [0.2, 0.25) is 0 Å². The standard InChI is InChI=1S/3BFO2.6Li/c3*2-1(3)4;;;;;;/q3*-2;6*+1. The molecule has 0 amide bonds. The van der Waals surface area contributed by atoms with E-state index in [0.717, 1.165) is 0 Å². The molecule has 6 nitrogen and oxygen atoms in total. The Morgan fingerprint density at radius 2 is 0.389 bits per heavy atom. The van der Waals surface area contributed by atoms with Gasteiger partial charge in [0.1, 0.15) is 22.2 Å². The molecule has 18 heavy (non-hydrogen) atoms. The number of hydrogen-bond donors (Lipinski definition) is 0. The molecule has 0 heterocycles. The number of rotatable bonds is 0. The Kier molecular flexibility index (Phi) is 161. The summed E-state index contributed by atoms with van der Waals surface area (Å²) in [5.74, 6) is 0. The molecule has 0 spiro atoms. The smallest absolute Gasteiger partial charge is 0.867 e. The maximum absolute atomic E-state index is 9.89. The van der Waals surface area contributed by atoms with Crippen molar-refractivity contribution in [3.8, 4) is 0 Å². The van der Waals surface area contributed by atoms with Gasteiger partial charge in [-0.3, -0.25) is 0 Å². The second-order valence-electron chi connectivity index (χ2n) is 0.823. The summed E-state index contributed by atoms with van der Waals surface area (Å²) >= 11 is 0. The van der Waals surface area contributed by atoms with Crippen molar-refractivity contribution in [2.45, 2.75) is 0 Å². The predicted octanol–water partition coefficient (Wildman–Crippen LogP) is -25.0. The molecule has 0 saturated heterocycles. The van der Waals surface area contributed by atoms with E-state index in [-0.39, 0.29) is 113 Å². The first-order valence-corrected chi connectivity index (χ1v) is 2.07. The quantitative estimate of drug-likeness (QED) is 0.376. The Balaban J connectivity index is -0.00000000827. The third kappa shape index (κ3) is 586. The molecule has 0 atom stereocenters. The van der Waals surface area contributed by atoms with Crippen LogP contribution in [-0.4, -0.2) is 22.2 Å². The maximum atomic E-state index is 9.89. The van der Waals surface area contributed by atoms with Crippen LogP contribution in [0.15, 0.2) is 0 Å². The predicted molar refractivity (Wildman–Crippen MR) is 20.6 cm³/mol. The summed E-state index contributed by atoms with van der Waals surface area (Å²) in [4.78, 5) is 0.